The van der Waals surface area contributed by atoms with Crippen LogP contribution in [-0.4, -0.2) is 0 Å². The molecule has 19 heavy (non-hydrogen) atoms. The molecule has 0 bridgehead atoms. The maximum absolute atomic E-state index is 2.33. The molecule has 0 aliphatic heterocycles. The van der Waals surface area contributed by atoms with E-state index >= 15 is 0 Å². The second kappa shape index (κ2) is 12.3. The Morgan fingerprint density at radius 1 is 1.00 bits per heavy atom. The van der Waals surface area contributed by atoms with Gasteiger partial charge in [0.15, 0.2) is 0 Å². The molecule has 2 rings (SSSR count). The van der Waals surface area contributed by atoms with Crippen molar-refractivity contribution in [3.8, 4) is 0 Å². The molecule has 0 nitrogen and oxygen atoms in total. The van der Waals surface area contributed by atoms with E-state index in [0.29, 0.717) is 0 Å². The van der Waals surface area contributed by atoms with Crippen LogP contribution in [0.1, 0.15) is 57.4 Å². The van der Waals surface area contributed by atoms with E-state index < -0.39 is 0 Å². The van der Waals surface area contributed by atoms with Gasteiger partial charge in [-0.2, -0.15) is 35.9 Å². The van der Waals surface area contributed by atoms with Crippen molar-refractivity contribution in [1.29, 1.82) is 0 Å². The van der Waals surface area contributed by atoms with Gasteiger partial charge in [-0.15, -0.1) is 0 Å². The number of unbranched alkanes of at least 4 members (excludes halogenated alkanes) is 3. The topological polar surface area (TPSA) is 0 Å². The molecule has 0 fully saturated rings. The first kappa shape index (κ1) is 18.2. The molecule has 2 aromatic carbocycles. The van der Waals surface area contributed by atoms with Gasteiger partial charge in [0.25, 0.3) is 0 Å². The van der Waals surface area contributed by atoms with E-state index in [1.807, 2.05) is 30.3 Å². The molecule has 0 radical (unpaired) electrons. The number of rotatable bonds is 6. The van der Waals surface area contributed by atoms with Crippen LogP contribution >= 0.6 is 0 Å². The van der Waals surface area contributed by atoms with E-state index in [1.165, 1.54) is 37.7 Å². The zero-order valence-corrected chi connectivity index (χ0v) is 13.3. The van der Waals surface area contributed by atoms with Gasteiger partial charge in [0.1, 0.15) is 0 Å². The van der Waals surface area contributed by atoms with Gasteiger partial charge in [-0.05, 0) is 12.3 Å². The minimum absolute atomic E-state index is 0. The van der Waals surface area contributed by atoms with Crippen molar-refractivity contribution >= 4 is 0 Å². The summed E-state index contributed by atoms with van der Waals surface area (Å²) in [6.45, 7) is 4.60. The SMILES string of the molecule is CCCCCCC(C)c1ccc[cH-]1.[Fe+2].c1cc[cH-]c1. The molecular formula is C18H26Fe. The van der Waals surface area contributed by atoms with Crippen LogP contribution in [0.5, 0.6) is 0 Å². The largest absolute Gasteiger partial charge is 2.00 e. The molecule has 1 atom stereocenters. The predicted octanol–water partition coefficient (Wildman–Crippen LogP) is 5.88. The fraction of sp³-hybridized carbons (Fsp3) is 0.444. The Balaban J connectivity index is 0.000000454. The van der Waals surface area contributed by atoms with Crippen LogP contribution in [0.2, 0.25) is 0 Å². The molecule has 0 aliphatic carbocycles. The van der Waals surface area contributed by atoms with Crippen molar-refractivity contribution in [3.63, 3.8) is 0 Å². The minimum atomic E-state index is 0. The Morgan fingerprint density at radius 3 is 2.21 bits per heavy atom. The smallest absolute Gasteiger partial charge is 0.214 e. The van der Waals surface area contributed by atoms with Gasteiger partial charge in [-0.25, -0.2) is 24.3 Å². The van der Waals surface area contributed by atoms with Crippen molar-refractivity contribution in [2.75, 3.05) is 0 Å². The molecule has 0 aliphatic rings. The summed E-state index contributed by atoms with van der Waals surface area (Å²) in [5.41, 5.74) is 1.51. The normalized spacial score (nSPS) is 11.1. The quantitative estimate of drug-likeness (QED) is 0.355. The van der Waals surface area contributed by atoms with E-state index in [4.69, 9.17) is 0 Å². The summed E-state index contributed by atoms with van der Waals surface area (Å²) in [6, 6.07) is 18.8. The standard InChI is InChI=1S/C13H21.C5H5.Fe/c1-3-4-5-6-9-12(2)13-10-7-8-11-13;1-2-4-5-3-1;/h7-8,10-12H,3-6,9H2,1-2H3;1-5H;/q2*-1;+2. The Morgan fingerprint density at radius 2 is 1.74 bits per heavy atom. The Hall–Kier alpha value is -0.781. The molecule has 0 saturated carbocycles. The van der Waals surface area contributed by atoms with Crippen molar-refractivity contribution in [2.24, 2.45) is 0 Å². The van der Waals surface area contributed by atoms with Gasteiger partial charge in [-0.1, -0.05) is 39.5 Å². The number of hydrogen-bond acceptors (Lipinski definition) is 0. The molecule has 0 heterocycles. The fourth-order valence-electron chi connectivity index (χ4n) is 2.08. The van der Waals surface area contributed by atoms with Crippen LogP contribution in [0.15, 0.2) is 54.6 Å². The zero-order valence-electron chi connectivity index (χ0n) is 12.2. The van der Waals surface area contributed by atoms with E-state index in [0.717, 1.165) is 5.92 Å². The summed E-state index contributed by atoms with van der Waals surface area (Å²) in [6.07, 6.45) is 6.88. The molecule has 2 aromatic rings. The van der Waals surface area contributed by atoms with Gasteiger partial charge in [-0.3, -0.25) is 0 Å². The third kappa shape index (κ3) is 8.86. The van der Waals surface area contributed by atoms with E-state index in [9.17, 15) is 0 Å². The second-order valence-corrected chi connectivity index (χ2v) is 4.93. The molecule has 0 spiro atoms. The predicted molar refractivity (Wildman–Crippen MR) is 81.2 cm³/mol. The fourth-order valence-corrected chi connectivity index (χ4v) is 2.08. The van der Waals surface area contributed by atoms with Gasteiger partial charge in [0.05, 0.1) is 0 Å². The van der Waals surface area contributed by atoms with Crippen LogP contribution in [0.3, 0.4) is 0 Å². The number of hydrogen-bond donors (Lipinski definition) is 0. The van der Waals surface area contributed by atoms with Crippen molar-refractivity contribution in [2.45, 2.75) is 51.9 Å². The van der Waals surface area contributed by atoms with Crippen LogP contribution in [0.25, 0.3) is 0 Å². The zero-order chi connectivity index (χ0) is 13.1. The summed E-state index contributed by atoms with van der Waals surface area (Å²) < 4.78 is 0. The Kier molecular flexibility index (Phi) is 11.8. The second-order valence-electron chi connectivity index (χ2n) is 4.93. The average Bonchev–Trinajstić information content (AvgIpc) is 3.09. The third-order valence-electron chi connectivity index (χ3n) is 3.30. The Bertz CT molecular complexity index is 328. The molecule has 0 amide bonds. The molecular weight excluding hydrogens is 272 g/mol. The van der Waals surface area contributed by atoms with E-state index in [-0.39, 0.29) is 17.1 Å². The van der Waals surface area contributed by atoms with Crippen LogP contribution in [0, 0.1) is 0 Å². The van der Waals surface area contributed by atoms with Crippen LogP contribution in [-0.2, 0) is 17.1 Å². The van der Waals surface area contributed by atoms with Crippen molar-refractivity contribution in [3.05, 3.63) is 60.2 Å². The first-order chi connectivity index (χ1) is 8.84. The summed E-state index contributed by atoms with van der Waals surface area (Å²) in [7, 11) is 0. The summed E-state index contributed by atoms with van der Waals surface area (Å²) in [5.74, 6) is 0.756. The summed E-state index contributed by atoms with van der Waals surface area (Å²) in [4.78, 5) is 0. The van der Waals surface area contributed by atoms with Crippen molar-refractivity contribution in [1.82, 2.24) is 0 Å². The molecule has 0 aromatic heterocycles. The van der Waals surface area contributed by atoms with Crippen molar-refractivity contribution < 1.29 is 17.1 Å². The van der Waals surface area contributed by atoms with Gasteiger partial charge < -0.3 is 0 Å². The van der Waals surface area contributed by atoms with Gasteiger partial charge in [0.2, 0.25) is 0 Å². The molecule has 0 N–H and O–H groups in total. The Labute approximate surface area is 129 Å². The monoisotopic (exact) mass is 298 g/mol. The third-order valence-corrected chi connectivity index (χ3v) is 3.30. The van der Waals surface area contributed by atoms with Gasteiger partial charge >= 0.3 is 17.1 Å². The average molecular weight is 298 g/mol. The summed E-state index contributed by atoms with van der Waals surface area (Å²) in [5, 5.41) is 0. The minimum Gasteiger partial charge on any atom is -0.214 e. The first-order valence-electron chi connectivity index (χ1n) is 7.23. The summed E-state index contributed by atoms with van der Waals surface area (Å²) >= 11 is 0. The van der Waals surface area contributed by atoms with Crippen LogP contribution < -0.4 is 0 Å². The molecule has 0 saturated heterocycles. The first-order valence-corrected chi connectivity index (χ1v) is 7.23. The van der Waals surface area contributed by atoms with E-state index in [2.05, 4.69) is 38.1 Å². The molecule has 106 valence electrons. The maximum Gasteiger partial charge on any atom is 2.00 e. The van der Waals surface area contributed by atoms with Crippen LogP contribution in [0.4, 0.5) is 0 Å². The molecule has 1 heteroatoms. The van der Waals surface area contributed by atoms with E-state index in [1.54, 1.807) is 0 Å². The maximum atomic E-state index is 2.33. The molecule has 1 unspecified atom stereocenters. The van der Waals surface area contributed by atoms with Gasteiger partial charge in [0, 0.05) is 0 Å².